The molecule has 0 heterocycles. The van der Waals surface area contributed by atoms with Crippen LogP contribution in [0.1, 0.15) is 17.3 Å². The Morgan fingerprint density at radius 1 is 1.55 bits per heavy atom. The van der Waals surface area contributed by atoms with E-state index in [1.165, 1.54) is 11.9 Å². The van der Waals surface area contributed by atoms with Gasteiger partial charge >= 0.3 is 0 Å². The van der Waals surface area contributed by atoms with Crippen LogP contribution in [-0.4, -0.2) is 29.3 Å². The third-order valence-electron chi connectivity index (χ3n) is 2.57. The van der Waals surface area contributed by atoms with Crippen molar-refractivity contribution < 1.29 is 9.72 Å². The van der Waals surface area contributed by atoms with Gasteiger partial charge in [0.1, 0.15) is 0 Å². The molecule has 1 amide bonds. The van der Waals surface area contributed by atoms with Crippen LogP contribution in [0.4, 0.5) is 5.69 Å². The fraction of sp³-hybridized carbons (Fsp3) is 0.333. The summed E-state index contributed by atoms with van der Waals surface area (Å²) in [5.74, 6) is -0.889. The molecule has 6 nitrogen and oxygen atoms in total. The van der Waals surface area contributed by atoms with Gasteiger partial charge < -0.3 is 4.90 Å². The Balaban J connectivity index is 3.15. The Kier molecular flexibility index (Phi) is 5.31. The summed E-state index contributed by atoms with van der Waals surface area (Å²) >= 11 is 11.7. The van der Waals surface area contributed by atoms with Gasteiger partial charge in [-0.1, -0.05) is 23.2 Å². The molecule has 1 atom stereocenters. The molecule has 1 aromatic carbocycles. The first-order chi connectivity index (χ1) is 9.27. The molecule has 0 aliphatic rings. The molecule has 0 saturated heterocycles. The van der Waals surface area contributed by atoms with Crippen LogP contribution in [0.2, 0.25) is 10.0 Å². The predicted molar refractivity (Wildman–Crippen MR) is 74.9 cm³/mol. The highest BCUT2D eigenvalue weighted by molar-refractivity contribution is 6.44. The van der Waals surface area contributed by atoms with E-state index < -0.39 is 10.8 Å². The summed E-state index contributed by atoms with van der Waals surface area (Å²) < 4.78 is 0. The Labute approximate surface area is 125 Å². The highest BCUT2D eigenvalue weighted by Gasteiger charge is 2.22. The van der Waals surface area contributed by atoms with Crippen molar-refractivity contribution in [2.45, 2.75) is 6.92 Å². The molecule has 1 unspecified atom stereocenters. The van der Waals surface area contributed by atoms with Gasteiger partial charge in [0, 0.05) is 25.7 Å². The largest absolute Gasteiger partial charge is 0.340 e. The number of carbonyl (C=O) groups excluding carboxylic acids is 1. The number of nitro groups is 1. The molecule has 0 aliphatic carbocycles. The van der Waals surface area contributed by atoms with E-state index in [1.807, 2.05) is 6.07 Å². The second-order valence-electron chi connectivity index (χ2n) is 4.26. The topological polar surface area (TPSA) is 87.2 Å². The maximum Gasteiger partial charge on any atom is 0.271 e. The molecule has 0 fully saturated rings. The highest BCUT2D eigenvalue weighted by atomic mass is 35.5. The Morgan fingerprint density at radius 3 is 2.65 bits per heavy atom. The van der Waals surface area contributed by atoms with Crippen LogP contribution < -0.4 is 0 Å². The number of nitriles is 1. The van der Waals surface area contributed by atoms with E-state index in [1.54, 1.807) is 6.92 Å². The smallest absolute Gasteiger partial charge is 0.271 e. The lowest BCUT2D eigenvalue weighted by atomic mass is 10.1. The van der Waals surface area contributed by atoms with Crippen molar-refractivity contribution in [2.75, 3.05) is 13.6 Å². The molecule has 8 heteroatoms. The number of halogens is 2. The number of hydrogen-bond acceptors (Lipinski definition) is 4. The Morgan fingerprint density at radius 2 is 2.15 bits per heavy atom. The molecule has 0 bridgehead atoms. The number of benzene rings is 1. The molecule has 20 heavy (non-hydrogen) atoms. The summed E-state index contributed by atoms with van der Waals surface area (Å²) in [5.41, 5.74) is -0.372. The minimum atomic E-state index is -0.656. The molecule has 0 radical (unpaired) electrons. The second kappa shape index (κ2) is 6.55. The standard InChI is InChI=1S/C12H11Cl2N3O3/c1-7(5-15)6-16(2)12(18)9-3-8(17(19)20)4-10(13)11(9)14/h3-4,7H,6H2,1-2H3. The molecule has 106 valence electrons. The summed E-state index contributed by atoms with van der Waals surface area (Å²) in [4.78, 5) is 23.6. The Bertz CT molecular complexity index is 598. The lowest BCUT2D eigenvalue weighted by Gasteiger charge is -2.19. The van der Waals surface area contributed by atoms with Gasteiger partial charge in [-0.25, -0.2) is 0 Å². The van der Waals surface area contributed by atoms with Gasteiger partial charge in [0.05, 0.1) is 32.5 Å². The maximum absolute atomic E-state index is 12.2. The van der Waals surface area contributed by atoms with Gasteiger partial charge in [-0.05, 0) is 6.92 Å². The van der Waals surface area contributed by atoms with Crippen molar-refractivity contribution >= 4 is 34.8 Å². The molecule has 0 spiro atoms. The third kappa shape index (κ3) is 3.59. The lowest BCUT2D eigenvalue weighted by Crippen LogP contribution is -2.31. The zero-order valence-corrected chi connectivity index (χ0v) is 12.3. The van der Waals surface area contributed by atoms with E-state index in [4.69, 9.17) is 28.5 Å². The van der Waals surface area contributed by atoms with Crippen molar-refractivity contribution in [1.82, 2.24) is 4.90 Å². The normalized spacial score (nSPS) is 11.6. The zero-order chi connectivity index (χ0) is 15.4. The summed E-state index contributed by atoms with van der Waals surface area (Å²) in [7, 11) is 1.49. The van der Waals surface area contributed by atoms with Crippen molar-refractivity contribution in [3.63, 3.8) is 0 Å². The SMILES string of the molecule is CC(C#N)CN(C)C(=O)c1cc([N+](=O)[O-])cc(Cl)c1Cl. The fourth-order valence-electron chi connectivity index (χ4n) is 1.58. The van der Waals surface area contributed by atoms with Gasteiger partial charge in [0.2, 0.25) is 0 Å². The third-order valence-corrected chi connectivity index (χ3v) is 3.37. The number of non-ortho nitro benzene ring substituents is 1. The number of nitrogens with zero attached hydrogens (tertiary/aromatic N) is 3. The molecule has 1 aromatic rings. The average molecular weight is 316 g/mol. The first-order valence-electron chi connectivity index (χ1n) is 5.56. The van der Waals surface area contributed by atoms with Crippen LogP contribution in [0, 0.1) is 27.4 Å². The molecule has 1 rings (SSSR count). The van der Waals surface area contributed by atoms with Crippen molar-refractivity contribution in [3.05, 3.63) is 37.9 Å². The number of nitro benzene ring substituents is 1. The van der Waals surface area contributed by atoms with E-state index in [9.17, 15) is 14.9 Å². The van der Waals surface area contributed by atoms with Gasteiger partial charge in [-0.2, -0.15) is 5.26 Å². The van der Waals surface area contributed by atoms with Crippen LogP contribution >= 0.6 is 23.2 Å². The predicted octanol–water partition coefficient (Wildman–Crippen LogP) is 3.13. The first-order valence-corrected chi connectivity index (χ1v) is 6.32. The van der Waals surface area contributed by atoms with E-state index in [-0.39, 0.29) is 33.8 Å². The number of amides is 1. The monoisotopic (exact) mass is 315 g/mol. The number of carbonyl (C=O) groups is 1. The Hall–Kier alpha value is -1.84. The highest BCUT2D eigenvalue weighted by Crippen LogP contribution is 2.31. The van der Waals surface area contributed by atoms with Crippen LogP contribution in [0.25, 0.3) is 0 Å². The van der Waals surface area contributed by atoms with Crippen molar-refractivity contribution in [1.29, 1.82) is 5.26 Å². The van der Waals surface area contributed by atoms with Crippen LogP contribution in [0.3, 0.4) is 0 Å². The quantitative estimate of drug-likeness (QED) is 0.630. The van der Waals surface area contributed by atoms with Gasteiger partial charge in [0.15, 0.2) is 0 Å². The molecule has 0 aliphatic heterocycles. The average Bonchev–Trinajstić information content (AvgIpc) is 2.40. The number of hydrogen-bond donors (Lipinski definition) is 0. The van der Waals surface area contributed by atoms with E-state index in [0.717, 1.165) is 12.1 Å². The zero-order valence-electron chi connectivity index (χ0n) is 10.8. The van der Waals surface area contributed by atoms with Crippen molar-refractivity contribution in [2.24, 2.45) is 5.92 Å². The maximum atomic E-state index is 12.2. The lowest BCUT2D eigenvalue weighted by molar-refractivity contribution is -0.384. The summed E-state index contributed by atoms with van der Waals surface area (Å²) in [6, 6.07) is 4.15. The molecular formula is C12H11Cl2N3O3. The molecule has 0 N–H and O–H groups in total. The van der Waals surface area contributed by atoms with Gasteiger partial charge in [0.25, 0.3) is 11.6 Å². The minimum absolute atomic E-state index is 0.0428. The molecular weight excluding hydrogens is 305 g/mol. The van der Waals surface area contributed by atoms with Gasteiger partial charge in [-0.3, -0.25) is 14.9 Å². The van der Waals surface area contributed by atoms with E-state index in [0.29, 0.717) is 0 Å². The fourth-order valence-corrected chi connectivity index (χ4v) is 1.98. The second-order valence-corrected chi connectivity index (χ2v) is 5.05. The van der Waals surface area contributed by atoms with Crippen LogP contribution in [-0.2, 0) is 0 Å². The van der Waals surface area contributed by atoms with Gasteiger partial charge in [-0.15, -0.1) is 0 Å². The van der Waals surface area contributed by atoms with E-state index >= 15 is 0 Å². The summed E-state index contributed by atoms with van der Waals surface area (Å²) in [6.07, 6.45) is 0. The summed E-state index contributed by atoms with van der Waals surface area (Å²) in [6.45, 7) is 1.85. The summed E-state index contributed by atoms with van der Waals surface area (Å²) in [5, 5.41) is 19.4. The first kappa shape index (κ1) is 16.2. The molecule has 0 aromatic heterocycles. The van der Waals surface area contributed by atoms with Crippen LogP contribution in [0.5, 0.6) is 0 Å². The van der Waals surface area contributed by atoms with Crippen LogP contribution in [0.15, 0.2) is 12.1 Å². The molecule has 0 saturated carbocycles. The van der Waals surface area contributed by atoms with E-state index in [2.05, 4.69) is 0 Å². The number of rotatable bonds is 4. The minimum Gasteiger partial charge on any atom is -0.340 e. The van der Waals surface area contributed by atoms with Crippen molar-refractivity contribution in [3.8, 4) is 6.07 Å².